The Balaban J connectivity index is 2.32. The number of nitrogens with zero attached hydrogens (tertiary/aromatic N) is 3. The van der Waals surface area contributed by atoms with E-state index in [1.165, 1.54) is 0 Å². The van der Waals surface area contributed by atoms with Gasteiger partial charge in [0.25, 0.3) is 0 Å². The fourth-order valence-corrected chi connectivity index (χ4v) is 1.73. The number of carboxylic acid groups (broad SMARTS) is 1. The number of anilines is 1. The van der Waals surface area contributed by atoms with Gasteiger partial charge in [0.1, 0.15) is 0 Å². The number of aliphatic carboxylic acids is 1. The van der Waals surface area contributed by atoms with Crippen molar-refractivity contribution in [2.24, 2.45) is 5.92 Å². The second-order valence-corrected chi connectivity index (χ2v) is 3.89. The van der Waals surface area contributed by atoms with Crippen molar-refractivity contribution >= 4 is 29.3 Å². The first-order chi connectivity index (χ1) is 7.99. The standard InChI is InChI=1S/C9H7ClFN3O3/c10-9-12-2-5(11)7(13-9)14-3-4(8(16)17)1-6(14)15/h2,4H,1,3H2,(H,16,17). The van der Waals surface area contributed by atoms with Crippen LogP contribution in [0.1, 0.15) is 6.42 Å². The molecular weight excluding hydrogens is 253 g/mol. The summed E-state index contributed by atoms with van der Waals surface area (Å²) in [6.45, 7) is -0.113. The van der Waals surface area contributed by atoms with Crippen molar-refractivity contribution in [3.8, 4) is 0 Å². The highest BCUT2D eigenvalue weighted by molar-refractivity contribution is 6.28. The highest BCUT2D eigenvalue weighted by Gasteiger charge is 2.37. The summed E-state index contributed by atoms with van der Waals surface area (Å²) in [5.74, 6) is -3.53. The molecule has 1 unspecified atom stereocenters. The second kappa shape index (κ2) is 4.25. The lowest BCUT2D eigenvalue weighted by atomic mass is 10.1. The third-order valence-corrected chi connectivity index (χ3v) is 2.61. The molecule has 6 nitrogen and oxygen atoms in total. The first kappa shape index (κ1) is 11.7. The number of hydrogen-bond donors (Lipinski definition) is 1. The fourth-order valence-electron chi connectivity index (χ4n) is 1.60. The third-order valence-electron chi connectivity index (χ3n) is 2.43. The lowest BCUT2D eigenvalue weighted by molar-refractivity contribution is -0.141. The van der Waals surface area contributed by atoms with Crippen LogP contribution >= 0.6 is 11.6 Å². The third kappa shape index (κ3) is 2.19. The van der Waals surface area contributed by atoms with Crippen LogP contribution in [-0.2, 0) is 9.59 Å². The Hall–Kier alpha value is -1.76. The Morgan fingerprint density at radius 2 is 2.35 bits per heavy atom. The van der Waals surface area contributed by atoms with Crippen LogP contribution in [0.4, 0.5) is 10.2 Å². The maximum absolute atomic E-state index is 13.4. The average molecular weight is 260 g/mol. The molecule has 1 N–H and O–H groups in total. The van der Waals surface area contributed by atoms with Gasteiger partial charge < -0.3 is 5.11 Å². The minimum absolute atomic E-state index is 0.113. The molecule has 1 saturated heterocycles. The first-order valence-corrected chi connectivity index (χ1v) is 5.08. The number of carboxylic acids is 1. The average Bonchev–Trinajstić information content (AvgIpc) is 2.64. The Morgan fingerprint density at radius 1 is 1.65 bits per heavy atom. The number of carbonyl (C=O) groups excluding carboxylic acids is 1. The predicted octanol–water partition coefficient (Wildman–Crippen LogP) is 0.707. The zero-order valence-corrected chi connectivity index (χ0v) is 9.19. The molecule has 2 rings (SSSR count). The molecule has 0 bridgehead atoms. The molecule has 0 aliphatic carbocycles. The molecule has 0 saturated carbocycles. The fraction of sp³-hybridized carbons (Fsp3) is 0.333. The molecule has 0 aromatic carbocycles. The zero-order valence-electron chi connectivity index (χ0n) is 8.43. The summed E-state index contributed by atoms with van der Waals surface area (Å²) in [6.07, 6.45) is 0.669. The Morgan fingerprint density at radius 3 is 2.94 bits per heavy atom. The molecule has 0 radical (unpaired) electrons. The van der Waals surface area contributed by atoms with E-state index >= 15 is 0 Å². The number of hydrogen-bond acceptors (Lipinski definition) is 4. The maximum atomic E-state index is 13.4. The molecule has 1 aromatic heterocycles. The van der Waals surface area contributed by atoms with Gasteiger partial charge in [0.05, 0.1) is 12.1 Å². The summed E-state index contributed by atoms with van der Waals surface area (Å²) in [5.41, 5.74) is 0. The molecule has 0 spiro atoms. The quantitative estimate of drug-likeness (QED) is 0.791. The van der Waals surface area contributed by atoms with Gasteiger partial charge >= 0.3 is 5.97 Å². The molecule has 90 valence electrons. The smallest absolute Gasteiger partial charge is 0.308 e. The second-order valence-electron chi connectivity index (χ2n) is 3.55. The first-order valence-electron chi connectivity index (χ1n) is 4.70. The number of aromatic nitrogens is 2. The van der Waals surface area contributed by atoms with Gasteiger partial charge in [0.15, 0.2) is 11.6 Å². The predicted molar refractivity (Wildman–Crippen MR) is 55.1 cm³/mol. The van der Waals surface area contributed by atoms with Gasteiger partial charge in [0.2, 0.25) is 11.2 Å². The summed E-state index contributed by atoms with van der Waals surface area (Å²) in [7, 11) is 0. The number of rotatable bonds is 2. The van der Waals surface area contributed by atoms with Crippen molar-refractivity contribution in [1.82, 2.24) is 9.97 Å². The van der Waals surface area contributed by atoms with E-state index in [-0.39, 0.29) is 24.1 Å². The Labute approximate surface area is 100 Å². The van der Waals surface area contributed by atoms with Crippen molar-refractivity contribution in [3.63, 3.8) is 0 Å². The van der Waals surface area contributed by atoms with Gasteiger partial charge in [-0.05, 0) is 11.6 Å². The van der Waals surface area contributed by atoms with Crippen LogP contribution in [0.15, 0.2) is 6.20 Å². The van der Waals surface area contributed by atoms with Crippen molar-refractivity contribution in [1.29, 1.82) is 0 Å². The SMILES string of the molecule is O=C(O)C1CC(=O)N(c2nc(Cl)ncc2F)C1. The molecular formula is C9H7ClFN3O3. The van der Waals surface area contributed by atoms with E-state index < -0.39 is 23.6 Å². The number of carbonyl (C=O) groups is 2. The van der Waals surface area contributed by atoms with E-state index in [1.54, 1.807) is 0 Å². The lowest BCUT2D eigenvalue weighted by Gasteiger charge is -2.15. The zero-order chi connectivity index (χ0) is 12.6. The van der Waals surface area contributed by atoms with Gasteiger partial charge in [-0.25, -0.2) is 9.37 Å². The Kier molecular flexibility index (Phi) is 2.93. The van der Waals surface area contributed by atoms with Crippen molar-refractivity contribution in [3.05, 3.63) is 17.3 Å². The van der Waals surface area contributed by atoms with Crippen molar-refractivity contribution in [2.45, 2.75) is 6.42 Å². The van der Waals surface area contributed by atoms with Crippen molar-refractivity contribution in [2.75, 3.05) is 11.4 Å². The van der Waals surface area contributed by atoms with E-state index in [4.69, 9.17) is 16.7 Å². The molecule has 1 amide bonds. The lowest BCUT2D eigenvalue weighted by Crippen LogP contribution is -2.27. The van der Waals surface area contributed by atoms with Crippen LogP contribution in [0, 0.1) is 11.7 Å². The summed E-state index contributed by atoms with van der Waals surface area (Å²) in [6, 6.07) is 0. The molecule has 17 heavy (non-hydrogen) atoms. The normalized spacial score (nSPS) is 19.8. The number of halogens is 2. The topological polar surface area (TPSA) is 83.4 Å². The molecule has 1 aromatic rings. The largest absolute Gasteiger partial charge is 0.481 e. The van der Waals surface area contributed by atoms with Crippen LogP contribution in [0.25, 0.3) is 0 Å². The van der Waals surface area contributed by atoms with Crippen LogP contribution in [0.2, 0.25) is 5.28 Å². The molecule has 8 heteroatoms. The number of amides is 1. The van der Waals surface area contributed by atoms with Crippen LogP contribution < -0.4 is 4.90 Å². The highest BCUT2D eigenvalue weighted by Crippen LogP contribution is 2.26. The molecule has 1 aliphatic heterocycles. The van der Waals surface area contributed by atoms with E-state index in [0.29, 0.717) is 0 Å². The van der Waals surface area contributed by atoms with Gasteiger partial charge in [0, 0.05) is 13.0 Å². The molecule has 2 heterocycles. The molecule has 1 fully saturated rings. The van der Waals surface area contributed by atoms with Gasteiger partial charge in [-0.1, -0.05) is 0 Å². The molecule has 1 aliphatic rings. The maximum Gasteiger partial charge on any atom is 0.308 e. The van der Waals surface area contributed by atoms with Gasteiger partial charge in [-0.3, -0.25) is 14.5 Å². The van der Waals surface area contributed by atoms with Crippen molar-refractivity contribution < 1.29 is 19.1 Å². The summed E-state index contributed by atoms with van der Waals surface area (Å²) < 4.78 is 13.4. The Bertz CT molecular complexity index is 496. The van der Waals surface area contributed by atoms with E-state index in [0.717, 1.165) is 11.1 Å². The highest BCUT2D eigenvalue weighted by atomic mass is 35.5. The minimum atomic E-state index is -1.10. The summed E-state index contributed by atoms with van der Waals surface area (Å²) in [5, 5.41) is 8.59. The van der Waals surface area contributed by atoms with Crippen LogP contribution in [-0.4, -0.2) is 33.5 Å². The van der Waals surface area contributed by atoms with Gasteiger partial charge in [-0.15, -0.1) is 0 Å². The van der Waals surface area contributed by atoms with E-state index in [9.17, 15) is 14.0 Å². The molecule has 1 atom stereocenters. The van der Waals surface area contributed by atoms with Crippen LogP contribution in [0.3, 0.4) is 0 Å². The minimum Gasteiger partial charge on any atom is -0.481 e. The summed E-state index contributed by atoms with van der Waals surface area (Å²) >= 11 is 5.50. The van der Waals surface area contributed by atoms with E-state index in [2.05, 4.69) is 9.97 Å². The van der Waals surface area contributed by atoms with Gasteiger partial charge in [-0.2, -0.15) is 4.98 Å². The van der Waals surface area contributed by atoms with Crippen LogP contribution in [0.5, 0.6) is 0 Å². The summed E-state index contributed by atoms with van der Waals surface area (Å²) in [4.78, 5) is 30.3. The van der Waals surface area contributed by atoms with E-state index in [1.807, 2.05) is 0 Å². The monoisotopic (exact) mass is 259 g/mol.